The first kappa shape index (κ1) is 14.6. The van der Waals surface area contributed by atoms with Crippen LogP contribution in [0.15, 0.2) is 6.20 Å². The Bertz CT molecular complexity index is 616. The average Bonchev–Trinajstić information content (AvgIpc) is 3.17. The van der Waals surface area contributed by atoms with Gasteiger partial charge in [-0.05, 0) is 31.1 Å². The molecule has 2 N–H and O–H groups in total. The van der Waals surface area contributed by atoms with Gasteiger partial charge < -0.3 is 10.6 Å². The maximum absolute atomic E-state index is 10.8. The minimum atomic E-state index is -0.549. The van der Waals surface area contributed by atoms with Crippen molar-refractivity contribution in [1.29, 1.82) is 0 Å². The predicted molar refractivity (Wildman–Crippen MR) is 86.1 cm³/mol. The van der Waals surface area contributed by atoms with Crippen molar-refractivity contribution in [2.75, 3.05) is 36.8 Å². The van der Waals surface area contributed by atoms with Crippen LogP contribution in [0.25, 0.3) is 0 Å². The molecule has 23 heavy (non-hydrogen) atoms. The Balaban J connectivity index is 1.40. The summed E-state index contributed by atoms with van der Waals surface area (Å²) in [4.78, 5) is 23.2. The first-order valence-electron chi connectivity index (χ1n) is 8.37. The van der Waals surface area contributed by atoms with Gasteiger partial charge in [0.15, 0.2) is 0 Å². The number of hydrogen-bond acceptors (Lipinski definition) is 7. The Kier molecular flexibility index (Phi) is 3.56. The molecule has 0 unspecified atom stereocenters. The molecule has 2 saturated carbocycles. The maximum Gasteiger partial charge on any atom is 0.329 e. The molecular formula is C15H22N6O2. The van der Waals surface area contributed by atoms with Gasteiger partial charge >= 0.3 is 5.69 Å². The molecule has 1 saturated heterocycles. The summed E-state index contributed by atoms with van der Waals surface area (Å²) in [6, 6.07) is 0.763. The average molecular weight is 318 g/mol. The molecule has 3 atom stereocenters. The number of hydrogen-bond donors (Lipinski definition) is 1. The molecular weight excluding hydrogens is 296 g/mol. The second-order valence-corrected chi connectivity index (χ2v) is 6.96. The van der Waals surface area contributed by atoms with E-state index in [1.54, 1.807) is 0 Å². The lowest BCUT2D eigenvalue weighted by Gasteiger charge is -2.41. The Labute approximate surface area is 134 Å². The molecule has 1 aliphatic heterocycles. The maximum atomic E-state index is 10.8. The predicted octanol–water partition coefficient (Wildman–Crippen LogP) is 1.28. The van der Waals surface area contributed by atoms with E-state index in [9.17, 15) is 10.1 Å². The van der Waals surface area contributed by atoms with Crippen LogP contribution in [0, 0.1) is 22.0 Å². The first-order valence-corrected chi connectivity index (χ1v) is 8.37. The lowest BCUT2D eigenvalue weighted by molar-refractivity contribution is -0.384. The van der Waals surface area contributed by atoms with E-state index in [0.717, 1.165) is 44.1 Å². The van der Waals surface area contributed by atoms with E-state index >= 15 is 0 Å². The fourth-order valence-electron chi connectivity index (χ4n) is 4.58. The number of nitrogens with zero attached hydrogens (tertiary/aromatic N) is 5. The van der Waals surface area contributed by atoms with Gasteiger partial charge in [-0.3, -0.25) is 15.0 Å². The third kappa shape index (κ3) is 2.60. The van der Waals surface area contributed by atoms with Crippen LogP contribution in [0.4, 0.5) is 17.5 Å². The van der Waals surface area contributed by atoms with Gasteiger partial charge in [-0.1, -0.05) is 6.42 Å². The molecule has 0 amide bonds. The minimum Gasteiger partial charge on any atom is -0.378 e. The summed E-state index contributed by atoms with van der Waals surface area (Å²) in [5.41, 5.74) is 5.44. The van der Waals surface area contributed by atoms with Gasteiger partial charge in [-0.2, -0.15) is 4.98 Å². The molecule has 2 aliphatic carbocycles. The molecule has 124 valence electrons. The molecule has 8 nitrogen and oxygen atoms in total. The number of nitrogens with two attached hydrogens (primary N) is 1. The molecule has 3 fully saturated rings. The molecule has 3 aliphatic rings. The summed E-state index contributed by atoms with van der Waals surface area (Å²) >= 11 is 0. The number of anilines is 2. The van der Waals surface area contributed by atoms with Crippen LogP contribution < -0.4 is 10.6 Å². The van der Waals surface area contributed by atoms with Gasteiger partial charge in [0.1, 0.15) is 6.20 Å². The third-order valence-electron chi connectivity index (χ3n) is 5.75. The molecule has 0 spiro atoms. The van der Waals surface area contributed by atoms with Gasteiger partial charge in [0.25, 0.3) is 0 Å². The second kappa shape index (κ2) is 5.59. The summed E-state index contributed by atoms with van der Waals surface area (Å²) in [7, 11) is 0. The number of fused-ring (bicyclic) bond motifs is 2. The number of nitrogen functional groups attached to an aromatic ring is 1. The monoisotopic (exact) mass is 318 g/mol. The second-order valence-electron chi connectivity index (χ2n) is 6.96. The van der Waals surface area contributed by atoms with E-state index in [0.29, 0.717) is 5.95 Å². The lowest BCUT2D eigenvalue weighted by atomic mass is 9.93. The van der Waals surface area contributed by atoms with Crippen molar-refractivity contribution < 1.29 is 4.92 Å². The molecule has 8 heteroatoms. The van der Waals surface area contributed by atoms with Crippen LogP contribution in [-0.2, 0) is 0 Å². The van der Waals surface area contributed by atoms with E-state index in [-0.39, 0.29) is 11.5 Å². The summed E-state index contributed by atoms with van der Waals surface area (Å²) in [5, 5.41) is 10.8. The molecule has 2 bridgehead atoms. The van der Waals surface area contributed by atoms with Crippen molar-refractivity contribution in [3.63, 3.8) is 0 Å². The zero-order valence-corrected chi connectivity index (χ0v) is 13.1. The Morgan fingerprint density at radius 1 is 1.22 bits per heavy atom. The molecule has 1 aromatic rings. The fourth-order valence-corrected chi connectivity index (χ4v) is 4.58. The molecule has 4 rings (SSSR count). The van der Waals surface area contributed by atoms with E-state index in [2.05, 4.69) is 19.8 Å². The zero-order valence-electron chi connectivity index (χ0n) is 13.1. The van der Waals surface area contributed by atoms with E-state index in [4.69, 9.17) is 5.73 Å². The lowest BCUT2D eigenvalue weighted by Crippen LogP contribution is -2.52. The van der Waals surface area contributed by atoms with Crippen molar-refractivity contribution in [3.05, 3.63) is 16.3 Å². The highest BCUT2D eigenvalue weighted by Crippen LogP contribution is 2.46. The van der Waals surface area contributed by atoms with Crippen molar-refractivity contribution >= 4 is 17.5 Å². The van der Waals surface area contributed by atoms with E-state index < -0.39 is 4.92 Å². The standard InChI is InChI=1S/C15H22N6O2/c16-14-13(21(22)23)9-17-15(18-14)20-5-3-19(4-6-20)12-8-10-1-2-11(12)7-10/h9-12H,1-8H2,(H2,16,17,18)/t10-,11-,12-/m0/s1. The van der Waals surface area contributed by atoms with Gasteiger partial charge in [-0.15, -0.1) is 0 Å². The largest absolute Gasteiger partial charge is 0.378 e. The SMILES string of the molecule is Nc1nc(N2CCN([C@H]3C[C@H]4CC[C@H]3C4)CC2)ncc1[N+](=O)[O-]. The number of piperazine rings is 1. The molecule has 2 heterocycles. The highest BCUT2D eigenvalue weighted by atomic mass is 16.6. The van der Waals surface area contributed by atoms with Crippen molar-refractivity contribution in [2.45, 2.75) is 31.7 Å². The summed E-state index contributed by atoms with van der Waals surface area (Å²) in [5.74, 6) is 2.30. The molecule has 1 aromatic heterocycles. The zero-order chi connectivity index (χ0) is 16.0. The van der Waals surface area contributed by atoms with Crippen molar-refractivity contribution in [2.24, 2.45) is 11.8 Å². The van der Waals surface area contributed by atoms with Gasteiger partial charge in [0.05, 0.1) is 4.92 Å². The highest BCUT2D eigenvalue weighted by molar-refractivity contribution is 5.53. The quantitative estimate of drug-likeness (QED) is 0.661. The normalized spacial score (nSPS) is 30.8. The number of nitro groups is 1. The summed E-state index contributed by atoms with van der Waals surface area (Å²) in [6.07, 6.45) is 6.83. The molecule has 0 aromatic carbocycles. The van der Waals surface area contributed by atoms with Gasteiger partial charge in [0.2, 0.25) is 11.8 Å². The summed E-state index contributed by atoms with van der Waals surface area (Å²) in [6.45, 7) is 3.72. The van der Waals surface area contributed by atoms with E-state index in [1.165, 1.54) is 31.9 Å². The number of aromatic nitrogens is 2. The number of rotatable bonds is 3. The van der Waals surface area contributed by atoms with Crippen molar-refractivity contribution in [3.8, 4) is 0 Å². The van der Waals surface area contributed by atoms with Crippen LogP contribution in [-0.4, -0.2) is 52.0 Å². The van der Waals surface area contributed by atoms with Crippen LogP contribution in [0.3, 0.4) is 0 Å². The Hall–Kier alpha value is -1.96. The highest BCUT2D eigenvalue weighted by Gasteiger charge is 2.42. The first-order chi connectivity index (χ1) is 11.1. The smallest absolute Gasteiger partial charge is 0.329 e. The van der Waals surface area contributed by atoms with Crippen LogP contribution in [0.2, 0.25) is 0 Å². The van der Waals surface area contributed by atoms with Gasteiger partial charge in [0, 0.05) is 32.2 Å². The Morgan fingerprint density at radius 3 is 2.57 bits per heavy atom. The third-order valence-corrected chi connectivity index (χ3v) is 5.75. The fraction of sp³-hybridized carbons (Fsp3) is 0.733. The minimum absolute atomic E-state index is 0.0597. The van der Waals surface area contributed by atoms with E-state index in [1.807, 2.05) is 0 Å². The van der Waals surface area contributed by atoms with Crippen LogP contribution in [0.1, 0.15) is 25.7 Å². The summed E-state index contributed by atoms with van der Waals surface area (Å²) < 4.78 is 0. The van der Waals surface area contributed by atoms with Crippen LogP contribution in [0.5, 0.6) is 0 Å². The topological polar surface area (TPSA) is 101 Å². The Morgan fingerprint density at radius 2 is 2.00 bits per heavy atom. The van der Waals surface area contributed by atoms with Crippen LogP contribution >= 0.6 is 0 Å². The molecule has 0 radical (unpaired) electrons. The van der Waals surface area contributed by atoms with Gasteiger partial charge in [-0.25, -0.2) is 4.98 Å². The van der Waals surface area contributed by atoms with Crippen molar-refractivity contribution in [1.82, 2.24) is 14.9 Å².